The Morgan fingerprint density at radius 3 is 2.68 bits per heavy atom. The molecular weight excluding hydrogens is 396 g/mol. The van der Waals surface area contributed by atoms with Gasteiger partial charge in [-0.25, -0.2) is 0 Å². The molecule has 1 aromatic carbocycles. The highest BCUT2D eigenvalue weighted by Crippen LogP contribution is 2.30. The van der Waals surface area contributed by atoms with E-state index in [4.69, 9.17) is 4.74 Å². The largest absolute Gasteiger partial charge is 0.488 e. The molecule has 0 saturated heterocycles. The summed E-state index contributed by atoms with van der Waals surface area (Å²) in [6.45, 7) is 4.89. The molecule has 166 valence electrons. The average Bonchev–Trinajstić information content (AvgIpc) is 2.76. The topological polar surface area (TPSA) is 95.0 Å². The molecule has 1 aliphatic rings. The molecule has 8 nitrogen and oxygen atoms in total. The quantitative estimate of drug-likeness (QED) is 0.735. The number of ether oxygens (including phenoxy) is 1. The maximum atomic E-state index is 13.4. The van der Waals surface area contributed by atoms with Crippen molar-refractivity contribution in [3.63, 3.8) is 0 Å². The smallest absolute Gasteiger partial charge is 0.258 e. The Balaban J connectivity index is 1.95. The number of anilines is 1. The SMILES string of the molecule is C[C@H]1CN([C@@H](C)CO)C(=O)c2cc(NC(=O)c3ccncc3)ccc2O[C@H]1CN(C)C. The summed E-state index contributed by atoms with van der Waals surface area (Å²) in [5, 5.41) is 12.5. The van der Waals surface area contributed by atoms with Crippen molar-refractivity contribution in [2.24, 2.45) is 5.92 Å². The number of nitrogens with one attached hydrogen (secondary N) is 1. The first kappa shape index (κ1) is 22.7. The van der Waals surface area contributed by atoms with Gasteiger partial charge in [0.2, 0.25) is 0 Å². The molecule has 0 bridgehead atoms. The van der Waals surface area contributed by atoms with Crippen LogP contribution in [0.4, 0.5) is 5.69 Å². The number of carbonyl (C=O) groups excluding carboxylic acids is 2. The molecular formula is C23H30N4O4. The highest BCUT2D eigenvalue weighted by atomic mass is 16.5. The lowest BCUT2D eigenvalue weighted by Gasteiger charge is -2.37. The Kier molecular flexibility index (Phi) is 7.25. The minimum absolute atomic E-state index is 0.0690. The van der Waals surface area contributed by atoms with E-state index in [1.165, 1.54) is 0 Å². The molecule has 1 aliphatic heterocycles. The number of hydrogen-bond donors (Lipinski definition) is 2. The van der Waals surface area contributed by atoms with Crippen molar-refractivity contribution in [2.75, 3.05) is 39.1 Å². The van der Waals surface area contributed by atoms with Gasteiger partial charge in [-0.3, -0.25) is 14.6 Å². The van der Waals surface area contributed by atoms with Crippen molar-refractivity contribution in [1.82, 2.24) is 14.8 Å². The molecule has 0 saturated carbocycles. The monoisotopic (exact) mass is 426 g/mol. The standard InChI is InChI=1S/C23H30N4O4/c1-15-12-27(16(2)14-28)23(30)19-11-18(25-22(29)17-7-9-24-10-8-17)5-6-20(19)31-21(15)13-26(3)4/h5-11,15-16,21,28H,12-14H2,1-4H3,(H,25,29)/t15-,16-,21-/m0/s1. The number of nitrogens with zero attached hydrogens (tertiary/aromatic N) is 3. The fourth-order valence-electron chi connectivity index (χ4n) is 3.58. The molecule has 2 amide bonds. The number of pyridine rings is 1. The van der Waals surface area contributed by atoms with Crippen LogP contribution in [0.15, 0.2) is 42.7 Å². The number of aliphatic hydroxyl groups is 1. The van der Waals surface area contributed by atoms with Crippen LogP contribution >= 0.6 is 0 Å². The van der Waals surface area contributed by atoms with E-state index in [2.05, 4.69) is 10.3 Å². The number of carbonyl (C=O) groups is 2. The third-order valence-electron chi connectivity index (χ3n) is 5.41. The molecule has 31 heavy (non-hydrogen) atoms. The van der Waals surface area contributed by atoms with Crippen LogP contribution in [0.2, 0.25) is 0 Å². The zero-order valence-corrected chi connectivity index (χ0v) is 18.4. The molecule has 0 radical (unpaired) electrons. The summed E-state index contributed by atoms with van der Waals surface area (Å²) in [4.78, 5) is 33.5. The van der Waals surface area contributed by atoms with E-state index in [1.807, 2.05) is 32.8 Å². The number of likely N-dealkylation sites (N-methyl/N-ethyl adjacent to an activating group) is 1. The van der Waals surface area contributed by atoms with Gasteiger partial charge >= 0.3 is 0 Å². The Bertz CT molecular complexity index is 919. The van der Waals surface area contributed by atoms with E-state index in [-0.39, 0.29) is 36.5 Å². The lowest BCUT2D eigenvalue weighted by Crippen LogP contribution is -2.49. The Hall–Kier alpha value is -2.97. The number of rotatable bonds is 6. The lowest BCUT2D eigenvalue weighted by atomic mass is 9.99. The molecule has 1 aromatic heterocycles. The predicted molar refractivity (Wildman–Crippen MR) is 118 cm³/mol. The molecule has 2 heterocycles. The van der Waals surface area contributed by atoms with Crippen LogP contribution in [-0.2, 0) is 0 Å². The van der Waals surface area contributed by atoms with Crippen LogP contribution in [0, 0.1) is 5.92 Å². The molecule has 8 heteroatoms. The number of fused-ring (bicyclic) bond motifs is 1. The summed E-state index contributed by atoms with van der Waals surface area (Å²) in [7, 11) is 3.96. The zero-order chi connectivity index (χ0) is 22.5. The van der Waals surface area contributed by atoms with E-state index >= 15 is 0 Å². The van der Waals surface area contributed by atoms with E-state index in [0.29, 0.717) is 35.7 Å². The van der Waals surface area contributed by atoms with E-state index in [9.17, 15) is 14.7 Å². The maximum absolute atomic E-state index is 13.4. The Labute approximate surface area is 182 Å². The molecule has 0 unspecified atom stereocenters. The lowest BCUT2D eigenvalue weighted by molar-refractivity contribution is 0.0363. The number of aliphatic hydroxyl groups excluding tert-OH is 1. The minimum Gasteiger partial charge on any atom is -0.488 e. The van der Waals surface area contributed by atoms with Gasteiger partial charge in [0.05, 0.1) is 18.2 Å². The van der Waals surface area contributed by atoms with E-state index in [1.54, 1.807) is 47.6 Å². The van der Waals surface area contributed by atoms with Crippen LogP contribution < -0.4 is 10.1 Å². The normalized spacial score (nSPS) is 19.8. The molecule has 3 atom stereocenters. The van der Waals surface area contributed by atoms with E-state index < -0.39 is 0 Å². The fraction of sp³-hybridized carbons (Fsp3) is 0.435. The highest BCUT2D eigenvalue weighted by Gasteiger charge is 2.33. The van der Waals surface area contributed by atoms with E-state index in [0.717, 1.165) is 0 Å². The van der Waals surface area contributed by atoms with Crippen molar-refractivity contribution in [2.45, 2.75) is 26.0 Å². The van der Waals surface area contributed by atoms with Gasteiger partial charge in [-0.2, -0.15) is 0 Å². The first-order chi connectivity index (χ1) is 14.8. The molecule has 0 aliphatic carbocycles. The van der Waals surface area contributed by atoms with Crippen LogP contribution in [0.5, 0.6) is 5.75 Å². The predicted octanol–water partition coefficient (Wildman–Crippen LogP) is 2.12. The second kappa shape index (κ2) is 9.89. The number of aromatic nitrogens is 1. The maximum Gasteiger partial charge on any atom is 0.258 e. The molecule has 2 aromatic rings. The average molecular weight is 427 g/mol. The van der Waals surface area contributed by atoms with Gasteiger partial charge in [0.1, 0.15) is 11.9 Å². The summed E-state index contributed by atoms with van der Waals surface area (Å²) in [6.07, 6.45) is 2.97. The fourth-order valence-corrected chi connectivity index (χ4v) is 3.58. The van der Waals surface area contributed by atoms with Crippen molar-refractivity contribution >= 4 is 17.5 Å². The molecule has 0 spiro atoms. The number of amides is 2. The Morgan fingerprint density at radius 2 is 2.03 bits per heavy atom. The van der Waals surface area contributed by atoms with Crippen LogP contribution in [-0.4, -0.2) is 77.6 Å². The van der Waals surface area contributed by atoms with Crippen LogP contribution in [0.3, 0.4) is 0 Å². The second-order valence-corrected chi connectivity index (χ2v) is 8.29. The zero-order valence-electron chi connectivity index (χ0n) is 18.4. The third kappa shape index (κ3) is 5.39. The van der Waals surface area contributed by atoms with Crippen molar-refractivity contribution in [1.29, 1.82) is 0 Å². The first-order valence-electron chi connectivity index (χ1n) is 10.4. The van der Waals surface area contributed by atoms with Crippen LogP contribution in [0.1, 0.15) is 34.6 Å². The van der Waals surface area contributed by atoms with Crippen molar-refractivity contribution < 1.29 is 19.4 Å². The minimum atomic E-state index is -0.337. The van der Waals surface area contributed by atoms with Gasteiger partial charge < -0.3 is 25.0 Å². The summed E-state index contributed by atoms with van der Waals surface area (Å²) in [5.74, 6) is 0.0213. The van der Waals surface area contributed by atoms with Gasteiger partial charge in [0.15, 0.2) is 0 Å². The second-order valence-electron chi connectivity index (χ2n) is 8.29. The van der Waals surface area contributed by atoms with Crippen LogP contribution in [0.25, 0.3) is 0 Å². The molecule has 0 fully saturated rings. The molecule has 2 N–H and O–H groups in total. The van der Waals surface area contributed by atoms with Gasteiger partial charge in [-0.05, 0) is 51.4 Å². The van der Waals surface area contributed by atoms with Crippen molar-refractivity contribution in [3.8, 4) is 5.75 Å². The van der Waals surface area contributed by atoms with Crippen molar-refractivity contribution in [3.05, 3.63) is 53.9 Å². The van der Waals surface area contributed by atoms with Gasteiger partial charge in [-0.15, -0.1) is 0 Å². The highest BCUT2D eigenvalue weighted by molar-refractivity contribution is 6.05. The first-order valence-corrected chi connectivity index (χ1v) is 10.4. The Morgan fingerprint density at radius 1 is 1.32 bits per heavy atom. The van der Waals surface area contributed by atoms with Gasteiger partial charge in [0.25, 0.3) is 11.8 Å². The summed E-state index contributed by atoms with van der Waals surface area (Å²) in [6, 6.07) is 7.99. The summed E-state index contributed by atoms with van der Waals surface area (Å²) in [5.41, 5.74) is 1.33. The van der Waals surface area contributed by atoms with Gasteiger partial charge in [0, 0.05) is 42.7 Å². The summed E-state index contributed by atoms with van der Waals surface area (Å²) < 4.78 is 6.26. The summed E-state index contributed by atoms with van der Waals surface area (Å²) >= 11 is 0. The van der Waals surface area contributed by atoms with Gasteiger partial charge in [-0.1, -0.05) is 6.92 Å². The number of hydrogen-bond acceptors (Lipinski definition) is 6. The molecule has 3 rings (SSSR count). The third-order valence-corrected chi connectivity index (χ3v) is 5.41. The number of benzene rings is 1.